The predicted octanol–water partition coefficient (Wildman–Crippen LogP) is 1.60. The average molecular weight is 268 g/mol. The molecule has 0 fully saturated rings. The van der Waals surface area contributed by atoms with Gasteiger partial charge in [0, 0.05) is 24.9 Å². The molecule has 0 unspecified atom stereocenters. The second-order valence-electron chi connectivity index (χ2n) is 4.50. The van der Waals surface area contributed by atoms with E-state index in [0.717, 1.165) is 17.0 Å². The molecule has 0 spiro atoms. The van der Waals surface area contributed by atoms with Crippen LogP contribution in [0.15, 0.2) is 4.52 Å². The fourth-order valence-corrected chi connectivity index (χ4v) is 1.84. The van der Waals surface area contributed by atoms with Gasteiger partial charge in [0.05, 0.1) is 5.69 Å². The summed E-state index contributed by atoms with van der Waals surface area (Å²) in [5.74, 6) is -0.0795. The summed E-state index contributed by atoms with van der Waals surface area (Å²) in [6.45, 7) is 4.27. The molecule has 0 saturated carbocycles. The first-order valence-corrected chi connectivity index (χ1v) is 6.41. The number of aryl methyl sites for hydroxylation is 2. The van der Waals surface area contributed by atoms with E-state index in [0.29, 0.717) is 32.2 Å². The number of carboxylic acids is 1. The maximum atomic E-state index is 11.5. The van der Waals surface area contributed by atoms with Crippen LogP contribution in [-0.4, -0.2) is 28.7 Å². The molecule has 1 rings (SSSR count). The first-order chi connectivity index (χ1) is 9.00. The Morgan fingerprint density at radius 2 is 1.95 bits per heavy atom. The van der Waals surface area contributed by atoms with E-state index in [1.165, 1.54) is 0 Å². The zero-order valence-corrected chi connectivity index (χ0v) is 11.4. The molecule has 1 aromatic heterocycles. The van der Waals surface area contributed by atoms with Gasteiger partial charge in [0.25, 0.3) is 0 Å². The Kier molecular flexibility index (Phi) is 6.05. The van der Waals surface area contributed by atoms with Crippen molar-refractivity contribution in [2.75, 3.05) is 6.54 Å². The minimum Gasteiger partial charge on any atom is -0.481 e. The molecular weight excluding hydrogens is 248 g/mol. The first kappa shape index (κ1) is 15.2. The number of unbranched alkanes of at least 4 members (excludes halogenated alkanes) is 1. The van der Waals surface area contributed by atoms with Crippen molar-refractivity contribution in [1.29, 1.82) is 0 Å². The molecule has 19 heavy (non-hydrogen) atoms. The summed E-state index contributed by atoms with van der Waals surface area (Å²) in [7, 11) is 0. The Labute approximate surface area is 112 Å². The van der Waals surface area contributed by atoms with Crippen molar-refractivity contribution in [1.82, 2.24) is 10.5 Å². The van der Waals surface area contributed by atoms with Crippen molar-refractivity contribution in [3.63, 3.8) is 0 Å². The fourth-order valence-electron chi connectivity index (χ4n) is 1.84. The third kappa shape index (κ3) is 5.54. The molecule has 1 aromatic rings. The summed E-state index contributed by atoms with van der Waals surface area (Å²) in [6, 6.07) is 0. The Morgan fingerprint density at radius 1 is 1.26 bits per heavy atom. The zero-order chi connectivity index (χ0) is 14.3. The molecule has 6 heteroatoms. The minimum atomic E-state index is -0.821. The average Bonchev–Trinajstić information content (AvgIpc) is 2.66. The van der Waals surface area contributed by atoms with Crippen LogP contribution in [0.25, 0.3) is 0 Å². The van der Waals surface area contributed by atoms with E-state index in [2.05, 4.69) is 10.5 Å². The lowest BCUT2D eigenvalue weighted by molar-refractivity contribution is -0.137. The summed E-state index contributed by atoms with van der Waals surface area (Å²) in [4.78, 5) is 21.8. The molecule has 1 amide bonds. The molecule has 0 aromatic carbocycles. The molecule has 1 heterocycles. The Bertz CT molecular complexity index is 420. The molecule has 0 radical (unpaired) electrons. The van der Waals surface area contributed by atoms with Crippen LogP contribution >= 0.6 is 0 Å². The van der Waals surface area contributed by atoms with Crippen molar-refractivity contribution in [2.45, 2.75) is 46.0 Å². The van der Waals surface area contributed by atoms with Gasteiger partial charge in [-0.05, 0) is 33.1 Å². The number of amides is 1. The summed E-state index contributed by atoms with van der Waals surface area (Å²) >= 11 is 0. The van der Waals surface area contributed by atoms with Gasteiger partial charge >= 0.3 is 5.97 Å². The van der Waals surface area contributed by atoms with Gasteiger partial charge < -0.3 is 14.9 Å². The van der Waals surface area contributed by atoms with Gasteiger partial charge in [-0.1, -0.05) is 5.16 Å². The van der Waals surface area contributed by atoms with E-state index in [1.807, 2.05) is 13.8 Å². The van der Waals surface area contributed by atoms with Gasteiger partial charge in [-0.15, -0.1) is 0 Å². The van der Waals surface area contributed by atoms with Crippen LogP contribution in [-0.2, 0) is 16.0 Å². The number of hydrogen-bond acceptors (Lipinski definition) is 4. The number of carbonyl (C=O) groups is 2. The van der Waals surface area contributed by atoms with Gasteiger partial charge in [0.2, 0.25) is 5.91 Å². The first-order valence-electron chi connectivity index (χ1n) is 6.41. The van der Waals surface area contributed by atoms with Crippen LogP contribution in [0.1, 0.15) is 42.7 Å². The Balaban J connectivity index is 2.15. The molecule has 106 valence electrons. The summed E-state index contributed by atoms with van der Waals surface area (Å²) in [5, 5.41) is 15.1. The number of hydrogen-bond donors (Lipinski definition) is 2. The monoisotopic (exact) mass is 268 g/mol. The van der Waals surface area contributed by atoms with Crippen molar-refractivity contribution >= 4 is 11.9 Å². The fraction of sp³-hybridized carbons (Fsp3) is 0.615. The lowest BCUT2D eigenvalue weighted by Gasteiger charge is -2.04. The van der Waals surface area contributed by atoms with Crippen molar-refractivity contribution in [2.24, 2.45) is 0 Å². The third-order valence-electron chi connectivity index (χ3n) is 2.92. The maximum Gasteiger partial charge on any atom is 0.303 e. The lowest BCUT2D eigenvalue weighted by Crippen LogP contribution is -2.25. The molecule has 0 atom stereocenters. The summed E-state index contributed by atoms with van der Waals surface area (Å²) < 4.78 is 5.04. The van der Waals surface area contributed by atoms with Crippen LogP contribution in [0.5, 0.6) is 0 Å². The molecule has 0 aliphatic carbocycles. The molecule has 2 N–H and O–H groups in total. The third-order valence-corrected chi connectivity index (χ3v) is 2.92. The van der Waals surface area contributed by atoms with Gasteiger partial charge in [0.1, 0.15) is 5.76 Å². The van der Waals surface area contributed by atoms with Gasteiger partial charge in [-0.2, -0.15) is 0 Å². The van der Waals surface area contributed by atoms with Crippen LogP contribution in [0.3, 0.4) is 0 Å². The minimum absolute atomic E-state index is 0.0443. The van der Waals surface area contributed by atoms with Gasteiger partial charge in [-0.3, -0.25) is 9.59 Å². The van der Waals surface area contributed by atoms with E-state index in [1.54, 1.807) is 0 Å². The predicted molar refractivity (Wildman–Crippen MR) is 68.8 cm³/mol. The van der Waals surface area contributed by atoms with E-state index < -0.39 is 5.97 Å². The largest absolute Gasteiger partial charge is 0.481 e. The molecule has 0 bridgehead atoms. The molecular formula is C13H20N2O4. The normalized spacial score (nSPS) is 10.4. The SMILES string of the molecule is Cc1noc(C)c1CCNC(=O)CCCCC(=O)O. The van der Waals surface area contributed by atoms with E-state index in [9.17, 15) is 9.59 Å². The van der Waals surface area contributed by atoms with Crippen LogP contribution in [0, 0.1) is 13.8 Å². The highest BCUT2D eigenvalue weighted by molar-refractivity contribution is 5.75. The van der Waals surface area contributed by atoms with E-state index >= 15 is 0 Å². The van der Waals surface area contributed by atoms with E-state index in [-0.39, 0.29) is 12.3 Å². The Hall–Kier alpha value is -1.85. The van der Waals surface area contributed by atoms with Crippen molar-refractivity contribution in [3.05, 3.63) is 17.0 Å². The van der Waals surface area contributed by atoms with Crippen LogP contribution < -0.4 is 5.32 Å². The number of carboxylic acid groups (broad SMARTS) is 1. The van der Waals surface area contributed by atoms with Crippen LogP contribution in [0.2, 0.25) is 0 Å². The summed E-state index contributed by atoms with van der Waals surface area (Å²) in [5.41, 5.74) is 1.89. The van der Waals surface area contributed by atoms with Crippen molar-refractivity contribution in [3.8, 4) is 0 Å². The maximum absolute atomic E-state index is 11.5. The highest BCUT2D eigenvalue weighted by Gasteiger charge is 2.09. The highest BCUT2D eigenvalue weighted by atomic mass is 16.5. The van der Waals surface area contributed by atoms with Gasteiger partial charge in [-0.25, -0.2) is 0 Å². The molecule has 6 nitrogen and oxygen atoms in total. The topological polar surface area (TPSA) is 92.4 Å². The number of aliphatic carboxylic acids is 1. The number of nitrogens with zero attached hydrogens (tertiary/aromatic N) is 1. The smallest absolute Gasteiger partial charge is 0.303 e. The van der Waals surface area contributed by atoms with E-state index in [4.69, 9.17) is 9.63 Å². The standard InChI is InChI=1S/C13H20N2O4/c1-9-11(10(2)19-15-9)7-8-14-12(16)5-3-4-6-13(17)18/h3-8H2,1-2H3,(H,14,16)(H,17,18). The van der Waals surface area contributed by atoms with Crippen LogP contribution in [0.4, 0.5) is 0 Å². The Morgan fingerprint density at radius 3 is 2.53 bits per heavy atom. The second-order valence-corrected chi connectivity index (χ2v) is 4.50. The summed E-state index contributed by atoms with van der Waals surface area (Å²) in [6.07, 6.45) is 2.32. The lowest BCUT2D eigenvalue weighted by atomic mass is 10.1. The zero-order valence-electron chi connectivity index (χ0n) is 11.4. The molecule has 0 saturated heterocycles. The number of carbonyl (C=O) groups excluding carboxylic acids is 1. The number of nitrogens with one attached hydrogen (secondary N) is 1. The van der Waals surface area contributed by atoms with Crippen molar-refractivity contribution < 1.29 is 19.2 Å². The second kappa shape index (κ2) is 7.56. The number of aromatic nitrogens is 1. The molecule has 0 aliphatic rings. The van der Waals surface area contributed by atoms with Gasteiger partial charge in [0.15, 0.2) is 0 Å². The quantitative estimate of drug-likeness (QED) is 0.698. The highest BCUT2D eigenvalue weighted by Crippen LogP contribution is 2.12. The number of rotatable bonds is 8. The molecule has 0 aliphatic heterocycles.